The summed E-state index contributed by atoms with van der Waals surface area (Å²) in [4.78, 5) is 15.4. The smallest absolute Gasteiger partial charge is 0.254 e. The number of amides is 1. The average molecular weight is 432 g/mol. The molecule has 2 aromatic rings. The van der Waals surface area contributed by atoms with Crippen LogP contribution in [0.5, 0.6) is 0 Å². The molecule has 4 heteroatoms. The van der Waals surface area contributed by atoms with Crippen LogP contribution in [0.15, 0.2) is 60.7 Å². The highest BCUT2D eigenvalue weighted by molar-refractivity contribution is 6.21. The molecule has 1 amide bonds. The van der Waals surface area contributed by atoms with Crippen LogP contribution in [-0.4, -0.2) is 42.2 Å². The lowest BCUT2D eigenvalue weighted by atomic mass is 9.80. The van der Waals surface area contributed by atoms with Gasteiger partial charge < -0.3 is 14.4 Å². The molecule has 3 unspecified atom stereocenters. The van der Waals surface area contributed by atoms with Crippen LogP contribution in [0, 0.1) is 0 Å². The molecule has 0 bridgehead atoms. The van der Waals surface area contributed by atoms with Gasteiger partial charge in [-0.2, -0.15) is 0 Å². The summed E-state index contributed by atoms with van der Waals surface area (Å²) in [5.74, 6) is 0.454. The van der Waals surface area contributed by atoms with Crippen molar-refractivity contribution in [2.75, 3.05) is 19.7 Å². The molecule has 0 saturated carbocycles. The average Bonchev–Trinajstić information content (AvgIpc) is 3.16. The van der Waals surface area contributed by atoms with E-state index in [9.17, 15) is 4.79 Å². The summed E-state index contributed by atoms with van der Waals surface area (Å²) in [6, 6.07) is 18.8. The van der Waals surface area contributed by atoms with Crippen molar-refractivity contribution in [3.8, 4) is 0 Å². The van der Waals surface area contributed by atoms with Crippen molar-refractivity contribution in [3.63, 3.8) is 0 Å². The summed E-state index contributed by atoms with van der Waals surface area (Å²) in [6.45, 7) is 6.41. The molecule has 2 fully saturated rings. The van der Waals surface area contributed by atoms with E-state index in [1.165, 1.54) is 11.1 Å². The molecule has 0 aromatic heterocycles. The van der Waals surface area contributed by atoms with E-state index < -0.39 is 0 Å². The number of hydrogen-bond acceptors (Lipinski definition) is 3. The standard InChI is InChI=1S/C28H33NO3/c1-3-31-22-18-26(21-9-5-4-6-10-21)32-28(19-22)13-15-29(16-14-28)27(30)25-17-20(2)23-11-7-8-12-24(23)25/h4-12,17,20,22,26H,3,13-16,18-19H2,1-2H3. The quantitative estimate of drug-likeness (QED) is 0.641. The number of fused-ring (bicyclic) bond motifs is 1. The molecule has 3 atom stereocenters. The van der Waals surface area contributed by atoms with Gasteiger partial charge in [0, 0.05) is 44.0 Å². The van der Waals surface area contributed by atoms with Gasteiger partial charge in [-0.1, -0.05) is 67.6 Å². The first-order chi connectivity index (χ1) is 15.6. The Morgan fingerprint density at radius 1 is 1.09 bits per heavy atom. The van der Waals surface area contributed by atoms with Crippen LogP contribution in [0.2, 0.25) is 0 Å². The summed E-state index contributed by atoms with van der Waals surface area (Å²) in [6.07, 6.45) is 5.90. The molecule has 0 N–H and O–H groups in total. The molecule has 168 valence electrons. The summed E-state index contributed by atoms with van der Waals surface area (Å²) >= 11 is 0. The summed E-state index contributed by atoms with van der Waals surface area (Å²) in [5.41, 5.74) is 4.22. The molecule has 2 heterocycles. The van der Waals surface area contributed by atoms with Gasteiger partial charge in [0.25, 0.3) is 5.91 Å². The van der Waals surface area contributed by atoms with E-state index in [1.807, 2.05) is 17.0 Å². The lowest BCUT2D eigenvalue weighted by Crippen LogP contribution is -2.52. The first kappa shape index (κ1) is 21.4. The third-order valence-corrected chi connectivity index (χ3v) is 7.39. The van der Waals surface area contributed by atoms with Gasteiger partial charge in [0.1, 0.15) is 0 Å². The topological polar surface area (TPSA) is 38.8 Å². The Morgan fingerprint density at radius 2 is 1.81 bits per heavy atom. The predicted octanol–water partition coefficient (Wildman–Crippen LogP) is 5.51. The number of benzene rings is 2. The molecule has 3 aliphatic rings. The normalized spacial score (nSPS) is 26.6. The van der Waals surface area contributed by atoms with Gasteiger partial charge in [-0.25, -0.2) is 0 Å². The van der Waals surface area contributed by atoms with E-state index >= 15 is 0 Å². The largest absolute Gasteiger partial charge is 0.378 e. The number of rotatable bonds is 4. The fourth-order valence-corrected chi connectivity index (χ4v) is 5.73. The van der Waals surface area contributed by atoms with Crippen molar-refractivity contribution in [1.29, 1.82) is 0 Å². The Balaban J connectivity index is 1.30. The van der Waals surface area contributed by atoms with Crippen LogP contribution < -0.4 is 0 Å². The van der Waals surface area contributed by atoms with Crippen molar-refractivity contribution in [3.05, 3.63) is 77.4 Å². The van der Waals surface area contributed by atoms with Gasteiger partial charge in [-0.05, 0) is 36.5 Å². The number of likely N-dealkylation sites (tertiary alicyclic amines) is 1. The second-order valence-corrected chi connectivity index (χ2v) is 9.47. The fraction of sp³-hybridized carbons (Fsp3) is 0.464. The Morgan fingerprint density at radius 3 is 2.56 bits per heavy atom. The SMILES string of the molecule is CCOC1CC(c2ccccc2)OC2(CCN(C(=O)C3=CC(C)c4ccccc43)CC2)C1. The van der Waals surface area contributed by atoms with E-state index in [-0.39, 0.29) is 23.7 Å². The van der Waals surface area contributed by atoms with E-state index in [0.29, 0.717) is 5.92 Å². The highest BCUT2D eigenvalue weighted by atomic mass is 16.5. The van der Waals surface area contributed by atoms with Gasteiger partial charge in [0.2, 0.25) is 0 Å². The van der Waals surface area contributed by atoms with Crippen LogP contribution in [0.1, 0.15) is 68.2 Å². The van der Waals surface area contributed by atoms with Crippen LogP contribution in [-0.2, 0) is 14.3 Å². The van der Waals surface area contributed by atoms with Crippen molar-refractivity contribution < 1.29 is 14.3 Å². The van der Waals surface area contributed by atoms with Crippen molar-refractivity contribution in [2.24, 2.45) is 0 Å². The Kier molecular flexibility index (Phi) is 5.92. The number of carbonyl (C=O) groups is 1. The van der Waals surface area contributed by atoms with E-state index in [2.05, 4.69) is 62.4 Å². The van der Waals surface area contributed by atoms with Crippen LogP contribution in [0.25, 0.3) is 5.57 Å². The summed E-state index contributed by atoms with van der Waals surface area (Å²) < 4.78 is 12.9. The number of ether oxygens (including phenoxy) is 2. The lowest BCUT2D eigenvalue weighted by molar-refractivity contribution is -0.193. The molecule has 2 saturated heterocycles. The fourth-order valence-electron chi connectivity index (χ4n) is 5.73. The Hall–Kier alpha value is -2.43. The summed E-state index contributed by atoms with van der Waals surface area (Å²) in [7, 11) is 0. The molecule has 1 aliphatic carbocycles. The van der Waals surface area contributed by atoms with Crippen LogP contribution in [0.3, 0.4) is 0 Å². The second kappa shape index (κ2) is 8.84. The predicted molar refractivity (Wildman–Crippen MR) is 126 cm³/mol. The van der Waals surface area contributed by atoms with Crippen molar-refractivity contribution in [1.82, 2.24) is 4.90 Å². The minimum Gasteiger partial charge on any atom is -0.378 e. The van der Waals surface area contributed by atoms with E-state index in [1.54, 1.807) is 0 Å². The maximum Gasteiger partial charge on any atom is 0.254 e. The minimum absolute atomic E-state index is 0.0500. The number of allylic oxidation sites excluding steroid dienone is 1. The van der Waals surface area contributed by atoms with Crippen molar-refractivity contribution >= 4 is 11.5 Å². The first-order valence-electron chi connectivity index (χ1n) is 12.0. The minimum atomic E-state index is -0.218. The molecule has 4 nitrogen and oxygen atoms in total. The molecule has 2 aliphatic heterocycles. The molecular formula is C28H33NO3. The number of carbonyl (C=O) groups excluding carboxylic acids is 1. The van der Waals surface area contributed by atoms with Crippen molar-refractivity contribution in [2.45, 2.75) is 63.3 Å². The number of nitrogens with zero attached hydrogens (tertiary/aromatic N) is 1. The van der Waals surface area contributed by atoms with Gasteiger partial charge in [0.05, 0.1) is 17.8 Å². The lowest BCUT2D eigenvalue weighted by Gasteiger charge is -2.49. The molecular weight excluding hydrogens is 398 g/mol. The molecule has 5 rings (SSSR count). The third-order valence-electron chi connectivity index (χ3n) is 7.39. The van der Waals surface area contributed by atoms with Gasteiger partial charge >= 0.3 is 0 Å². The molecule has 0 radical (unpaired) electrons. The zero-order chi connectivity index (χ0) is 22.1. The van der Waals surface area contributed by atoms with Gasteiger partial charge in [-0.3, -0.25) is 4.79 Å². The van der Waals surface area contributed by atoms with Gasteiger partial charge in [0.15, 0.2) is 0 Å². The third kappa shape index (κ3) is 4.02. The Bertz CT molecular complexity index is 991. The zero-order valence-corrected chi connectivity index (χ0v) is 19.1. The molecule has 1 spiro atoms. The second-order valence-electron chi connectivity index (χ2n) is 9.47. The summed E-state index contributed by atoms with van der Waals surface area (Å²) in [5, 5.41) is 0. The number of hydrogen-bond donors (Lipinski definition) is 0. The van der Waals surface area contributed by atoms with Crippen LogP contribution in [0.4, 0.5) is 0 Å². The maximum absolute atomic E-state index is 13.4. The van der Waals surface area contributed by atoms with E-state index in [4.69, 9.17) is 9.47 Å². The zero-order valence-electron chi connectivity index (χ0n) is 19.1. The molecule has 2 aromatic carbocycles. The maximum atomic E-state index is 13.4. The highest BCUT2D eigenvalue weighted by Gasteiger charge is 2.45. The molecule has 32 heavy (non-hydrogen) atoms. The van der Waals surface area contributed by atoms with Crippen LogP contribution >= 0.6 is 0 Å². The van der Waals surface area contributed by atoms with Gasteiger partial charge in [-0.15, -0.1) is 0 Å². The highest BCUT2D eigenvalue weighted by Crippen LogP contribution is 2.44. The first-order valence-corrected chi connectivity index (χ1v) is 12.0. The Labute approximate surface area is 191 Å². The van der Waals surface area contributed by atoms with E-state index in [0.717, 1.165) is 56.5 Å². The number of piperidine rings is 1. The monoisotopic (exact) mass is 431 g/mol.